The molecule has 3 nitrogen and oxygen atoms in total. The molecule has 2 atom stereocenters. The van der Waals surface area contributed by atoms with Gasteiger partial charge in [-0.2, -0.15) is 0 Å². The fourth-order valence-corrected chi connectivity index (χ4v) is 1.74. The van der Waals surface area contributed by atoms with E-state index >= 15 is 0 Å². The standard InChI is InChI=1S/C11H13ClN2O/c1-7-4-8(7)5-14-11(15)9-6-13-3-2-10(9)12/h2-3,6-8H,4-5H2,1H3,(H,14,15). The van der Waals surface area contributed by atoms with E-state index in [2.05, 4.69) is 17.2 Å². The van der Waals surface area contributed by atoms with Crippen LogP contribution >= 0.6 is 11.6 Å². The predicted octanol–water partition coefficient (Wildman–Crippen LogP) is 2.12. The monoisotopic (exact) mass is 224 g/mol. The van der Waals surface area contributed by atoms with Crippen molar-refractivity contribution < 1.29 is 4.79 Å². The molecule has 80 valence electrons. The number of hydrogen-bond acceptors (Lipinski definition) is 2. The number of nitrogens with zero attached hydrogens (tertiary/aromatic N) is 1. The SMILES string of the molecule is CC1CC1CNC(=O)c1cnccc1Cl. The molecule has 1 aromatic heterocycles. The lowest BCUT2D eigenvalue weighted by atomic mass is 10.2. The summed E-state index contributed by atoms with van der Waals surface area (Å²) in [6.07, 6.45) is 4.27. The molecule has 1 aliphatic rings. The van der Waals surface area contributed by atoms with E-state index in [0.29, 0.717) is 16.5 Å². The first kappa shape index (κ1) is 10.4. The molecule has 0 spiro atoms. The Bertz CT molecular complexity index is 381. The van der Waals surface area contributed by atoms with Gasteiger partial charge in [-0.25, -0.2) is 0 Å². The number of pyridine rings is 1. The number of hydrogen-bond donors (Lipinski definition) is 1. The molecule has 0 radical (unpaired) electrons. The second-order valence-electron chi connectivity index (χ2n) is 4.04. The summed E-state index contributed by atoms with van der Waals surface area (Å²) in [6.45, 7) is 2.93. The Morgan fingerprint density at radius 1 is 1.73 bits per heavy atom. The molecule has 1 amide bonds. The summed E-state index contributed by atoms with van der Waals surface area (Å²) in [5.74, 6) is 1.26. The number of halogens is 1. The highest BCUT2D eigenvalue weighted by molar-refractivity contribution is 6.33. The second-order valence-corrected chi connectivity index (χ2v) is 4.45. The molecule has 1 aromatic rings. The highest BCUT2D eigenvalue weighted by atomic mass is 35.5. The average Bonchev–Trinajstić information content (AvgIpc) is 2.92. The summed E-state index contributed by atoms with van der Waals surface area (Å²) in [4.78, 5) is 15.5. The lowest BCUT2D eigenvalue weighted by Gasteiger charge is -2.05. The number of amides is 1. The Balaban J connectivity index is 1.93. The molecular weight excluding hydrogens is 212 g/mol. The fraction of sp³-hybridized carbons (Fsp3) is 0.455. The van der Waals surface area contributed by atoms with Crippen molar-refractivity contribution in [3.8, 4) is 0 Å². The van der Waals surface area contributed by atoms with Crippen LogP contribution in [0.2, 0.25) is 5.02 Å². The third kappa shape index (κ3) is 2.48. The molecule has 1 saturated carbocycles. The molecule has 1 N–H and O–H groups in total. The lowest BCUT2D eigenvalue weighted by molar-refractivity contribution is 0.0951. The first-order valence-corrected chi connectivity index (χ1v) is 5.44. The number of carbonyl (C=O) groups excluding carboxylic acids is 1. The number of carbonyl (C=O) groups is 1. The van der Waals surface area contributed by atoms with Crippen LogP contribution in [0, 0.1) is 11.8 Å². The molecule has 1 heterocycles. The largest absolute Gasteiger partial charge is 0.352 e. The van der Waals surface area contributed by atoms with Crippen molar-refractivity contribution in [2.75, 3.05) is 6.54 Å². The minimum Gasteiger partial charge on any atom is -0.352 e. The molecule has 1 aliphatic carbocycles. The number of rotatable bonds is 3. The second kappa shape index (κ2) is 4.19. The zero-order valence-corrected chi connectivity index (χ0v) is 9.29. The van der Waals surface area contributed by atoms with Crippen molar-refractivity contribution in [3.63, 3.8) is 0 Å². The Morgan fingerprint density at radius 2 is 2.47 bits per heavy atom. The molecule has 15 heavy (non-hydrogen) atoms. The molecule has 2 unspecified atom stereocenters. The van der Waals surface area contributed by atoms with Gasteiger partial charge in [0.15, 0.2) is 0 Å². The molecule has 0 aliphatic heterocycles. The van der Waals surface area contributed by atoms with Gasteiger partial charge in [0.2, 0.25) is 0 Å². The van der Waals surface area contributed by atoms with Crippen molar-refractivity contribution >= 4 is 17.5 Å². The van der Waals surface area contributed by atoms with Crippen LogP contribution in [0.4, 0.5) is 0 Å². The summed E-state index contributed by atoms with van der Waals surface area (Å²) in [7, 11) is 0. The molecular formula is C11H13ClN2O. The van der Waals surface area contributed by atoms with Crippen LogP contribution in [-0.4, -0.2) is 17.4 Å². The highest BCUT2D eigenvalue weighted by Crippen LogP contribution is 2.36. The summed E-state index contributed by atoms with van der Waals surface area (Å²) >= 11 is 5.88. The Hall–Kier alpha value is -1.09. The van der Waals surface area contributed by atoms with Gasteiger partial charge in [0.1, 0.15) is 0 Å². The van der Waals surface area contributed by atoms with Crippen LogP contribution in [0.3, 0.4) is 0 Å². The predicted molar refractivity (Wildman–Crippen MR) is 58.9 cm³/mol. The lowest BCUT2D eigenvalue weighted by Crippen LogP contribution is -2.26. The normalized spacial score (nSPS) is 23.6. The van der Waals surface area contributed by atoms with Crippen LogP contribution in [0.1, 0.15) is 23.7 Å². The van der Waals surface area contributed by atoms with E-state index in [4.69, 9.17) is 11.6 Å². The van der Waals surface area contributed by atoms with Crippen molar-refractivity contribution in [2.45, 2.75) is 13.3 Å². The van der Waals surface area contributed by atoms with E-state index in [1.165, 1.54) is 12.6 Å². The van der Waals surface area contributed by atoms with Gasteiger partial charge in [-0.05, 0) is 24.3 Å². The van der Waals surface area contributed by atoms with Crippen molar-refractivity contribution in [1.82, 2.24) is 10.3 Å². The van der Waals surface area contributed by atoms with Crippen LogP contribution in [0.5, 0.6) is 0 Å². The van der Waals surface area contributed by atoms with Crippen LogP contribution in [-0.2, 0) is 0 Å². The zero-order chi connectivity index (χ0) is 10.8. The van der Waals surface area contributed by atoms with E-state index in [0.717, 1.165) is 12.5 Å². The van der Waals surface area contributed by atoms with Gasteiger partial charge in [-0.3, -0.25) is 9.78 Å². The maximum absolute atomic E-state index is 11.7. The van der Waals surface area contributed by atoms with Gasteiger partial charge in [0.25, 0.3) is 5.91 Å². The van der Waals surface area contributed by atoms with E-state index in [1.54, 1.807) is 12.3 Å². The highest BCUT2D eigenvalue weighted by Gasteiger charge is 2.32. The fourth-order valence-electron chi connectivity index (χ4n) is 1.55. The first-order chi connectivity index (χ1) is 7.18. The topological polar surface area (TPSA) is 42.0 Å². The molecule has 0 bridgehead atoms. The van der Waals surface area contributed by atoms with Crippen LogP contribution in [0.25, 0.3) is 0 Å². The molecule has 2 rings (SSSR count). The van der Waals surface area contributed by atoms with E-state index in [1.807, 2.05) is 0 Å². The van der Waals surface area contributed by atoms with Gasteiger partial charge in [0, 0.05) is 18.9 Å². The number of aromatic nitrogens is 1. The van der Waals surface area contributed by atoms with Crippen LogP contribution < -0.4 is 5.32 Å². The summed E-state index contributed by atoms with van der Waals surface area (Å²) in [5.41, 5.74) is 0.451. The van der Waals surface area contributed by atoms with Gasteiger partial charge in [-0.15, -0.1) is 0 Å². The third-order valence-electron chi connectivity index (χ3n) is 2.81. The molecule has 0 saturated heterocycles. The minimum atomic E-state index is -0.132. The Kier molecular flexibility index (Phi) is 2.91. The first-order valence-electron chi connectivity index (χ1n) is 5.06. The maximum Gasteiger partial charge on any atom is 0.254 e. The van der Waals surface area contributed by atoms with Crippen molar-refractivity contribution in [1.29, 1.82) is 0 Å². The Labute approximate surface area is 93.8 Å². The molecule has 1 fully saturated rings. The van der Waals surface area contributed by atoms with E-state index < -0.39 is 0 Å². The van der Waals surface area contributed by atoms with E-state index in [-0.39, 0.29) is 5.91 Å². The van der Waals surface area contributed by atoms with Gasteiger partial charge < -0.3 is 5.32 Å². The Morgan fingerprint density at radius 3 is 3.07 bits per heavy atom. The maximum atomic E-state index is 11.7. The smallest absolute Gasteiger partial charge is 0.254 e. The van der Waals surface area contributed by atoms with Gasteiger partial charge in [0.05, 0.1) is 10.6 Å². The summed E-state index contributed by atoms with van der Waals surface area (Å²) in [5, 5.41) is 3.32. The average molecular weight is 225 g/mol. The van der Waals surface area contributed by atoms with Crippen molar-refractivity contribution in [3.05, 3.63) is 29.0 Å². The van der Waals surface area contributed by atoms with Crippen LogP contribution in [0.15, 0.2) is 18.5 Å². The summed E-state index contributed by atoms with van der Waals surface area (Å²) in [6, 6.07) is 1.62. The quantitative estimate of drug-likeness (QED) is 0.855. The molecule has 4 heteroatoms. The number of nitrogens with one attached hydrogen (secondary N) is 1. The molecule has 0 aromatic carbocycles. The van der Waals surface area contributed by atoms with Gasteiger partial charge in [-0.1, -0.05) is 18.5 Å². The van der Waals surface area contributed by atoms with Gasteiger partial charge >= 0.3 is 0 Å². The van der Waals surface area contributed by atoms with Crippen molar-refractivity contribution in [2.24, 2.45) is 11.8 Å². The minimum absolute atomic E-state index is 0.132. The zero-order valence-electron chi connectivity index (χ0n) is 8.53. The van der Waals surface area contributed by atoms with E-state index in [9.17, 15) is 4.79 Å². The third-order valence-corrected chi connectivity index (χ3v) is 3.14. The summed E-state index contributed by atoms with van der Waals surface area (Å²) < 4.78 is 0.